The van der Waals surface area contributed by atoms with Crippen LogP contribution in [0.4, 0.5) is 4.39 Å². The summed E-state index contributed by atoms with van der Waals surface area (Å²) in [6, 6.07) is 6.80. The molecule has 2 aromatic rings. The summed E-state index contributed by atoms with van der Waals surface area (Å²) in [5, 5.41) is 0. The molecule has 1 aromatic heterocycles. The van der Waals surface area contributed by atoms with E-state index in [2.05, 4.69) is 4.98 Å². The summed E-state index contributed by atoms with van der Waals surface area (Å²) in [6.45, 7) is 1.53. The summed E-state index contributed by atoms with van der Waals surface area (Å²) in [5.74, 6) is -0.0531. The van der Waals surface area contributed by atoms with Crippen molar-refractivity contribution in [3.63, 3.8) is 0 Å². The second-order valence-electron chi connectivity index (χ2n) is 6.19. The number of rotatable bonds is 5. The number of hydrogen-bond acceptors (Lipinski definition) is 3. The quantitative estimate of drug-likeness (QED) is 0.843. The number of benzene rings is 1. The highest BCUT2D eigenvalue weighted by Crippen LogP contribution is 2.25. The van der Waals surface area contributed by atoms with Gasteiger partial charge in [0.25, 0.3) is 0 Å². The van der Waals surface area contributed by atoms with Gasteiger partial charge in [0, 0.05) is 38.5 Å². The van der Waals surface area contributed by atoms with Gasteiger partial charge < -0.3 is 14.2 Å². The predicted octanol–water partition coefficient (Wildman–Crippen LogP) is 2.13. The van der Waals surface area contributed by atoms with Gasteiger partial charge in [-0.05, 0) is 24.5 Å². The van der Waals surface area contributed by atoms with E-state index in [1.54, 1.807) is 42.5 Å². The fraction of sp³-hybridized carbons (Fsp3) is 0.444. The number of hydrogen-bond donors (Lipinski definition) is 0. The van der Waals surface area contributed by atoms with Gasteiger partial charge in [0.1, 0.15) is 12.4 Å². The Hall–Kier alpha value is -2.21. The van der Waals surface area contributed by atoms with E-state index in [4.69, 9.17) is 4.74 Å². The molecule has 0 bridgehead atoms. The second kappa shape index (κ2) is 7.57. The first-order chi connectivity index (χ1) is 11.7. The maximum atomic E-state index is 14.0. The molecule has 2 heterocycles. The van der Waals surface area contributed by atoms with Crippen LogP contribution in [0.5, 0.6) is 0 Å². The molecule has 1 aliphatic heterocycles. The number of imidazole rings is 1. The van der Waals surface area contributed by atoms with E-state index in [0.29, 0.717) is 25.1 Å². The van der Waals surface area contributed by atoms with Crippen LogP contribution in [0.1, 0.15) is 12.0 Å². The van der Waals surface area contributed by atoms with Crippen LogP contribution in [0.2, 0.25) is 0 Å². The molecular weight excluding hydrogens is 309 g/mol. The fourth-order valence-electron chi connectivity index (χ4n) is 3.33. The van der Waals surface area contributed by atoms with E-state index >= 15 is 0 Å². The number of nitrogens with zero attached hydrogens (tertiary/aromatic N) is 3. The van der Waals surface area contributed by atoms with Crippen molar-refractivity contribution in [3.05, 3.63) is 54.4 Å². The molecule has 5 nitrogen and oxygen atoms in total. The molecule has 1 amide bonds. The molecule has 0 radical (unpaired) electrons. The Balaban J connectivity index is 1.67. The van der Waals surface area contributed by atoms with Crippen molar-refractivity contribution in [1.29, 1.82) is 0 Å². The average Bonchev–Trinajstić information content (AvgIpc) is 3.10. The maximum absolute atomic E-state index is 14.0. The molecule has 6 heteroatoms. The Bertz CT molecular complexity index is 675. The Morgan fingerprint density at radius 2 is 2.25 bits per heavy atom. The first-order valence-corrected chi connectivity index (χ1v) is 8.17. The van der Waals surface area contributed by atoms with E-state index in [9.17, 15) is 9.18 Å². The Morgan fingerprint density at radius 1 is 1.42 bits per heavy atom. The number of piperidine rings is 1. The lowest BCUT2D eigenvalue weighted by Gasteiger charge is -2.38. The number of carbonyl (C=O) groups is 1. The summed E-state index contributed by atoms with van der Waals surface area (Å²) < 4.78 is 21.3. The summed E-state index contributed by atoms with van der Waals surface area (Å²) in [7, 11) is 1.68. The zero-order chi connectivity index (χ0) is 16.9. The molecule has 24 heavy (non-hydrogen) atoms. The van der Waals surface area contributed by atoms with E-state index in [0.717, 1.165) is 6.42 Å². The van der Waals surface area contributed by atoms with Crippen molar-refractivity contribution in [1.82, 2.24) is 14.5 Å². The van der Waals surface area contributed by atoms with Crippen molar-refractivity contribution < 1.29 is 13.9 Å². The summed E-state index contributed by atoms with van der Waals surface area (Å²) in [5.41, 5.74) is 0.674. The minimum Gasteiger partial charge on any atom is -0.381 e. The number of aromatic nitrogens is 2. The molecule has 0 N–H and O–H groups in total. The Labute approximate surface area is 141 Å². The van der Waals surface area contributed by atoms with Crippen molar-refractivity contribution in [2.45, 2.75) is 25.5 Å². The van der Waals surface area contributed by atoms with E-state index < -0.39 is 0 Å². The van der Waals surface area contributed by atoms with Crippen molar-refractivity contribution in [3.8, 4) is 0 Å². The molecule has 1 aliphatic rings. The third kappa shape index (κ3) is 3.82. The number of likely N-dealkylation sites (tertiary alicyclic amines) is 1. The smallest absolute Gasteiger partial charge is 0.242 e. The van der Waals surface area contributed by atoms with Crippen molar-refractivity contribution in [2.24, 2.45) is 5.92 Å². The summed E-state index contributed by atoms with van der Waals surface area (Å²) >= 11 is 0. The Kier molecular flexibility index (Phi) is 5.25. The molecule has 0 aliphatic carbocycles. The first kappa shape index (κ1) is 16.6. The molecular formula is C18H22FN3O2. The highest BCUT2D eigenvalue weighted by Gasteiger charge is 2.32. The number of carbonyl (C=O) groups excluding carboxylic acids is 1. The molecule has 2 atom stereocenters. The normalized spacial score (nSPS) is 21.0. The van der Waals surface area contributed by atoms with E-state index in [1.165, 1.54) is 6.07 Å². The van der Waals surface area contributed by atoms with Gasteiger partial charge in [0.15, 0.2) is 0 Å². The first-order valence-electron chi connectivity index (χ1n) is 8.17. The number of ether oxygens (including phenoxy) is 1. The van der Waals surface area contributed by atoms with Crippen molar-refractivity contribution in [2.75, 3.05) is 20.2 Å². The van der Waals surface area contributed by atoms with E-state index in [-0.39, 0.29) is 30.3 Å². The molecule has 0 unspecified atom stereocenters. The van der Waals surface area contributed by atoms with Gasteiger partial charge in [-0.1, -0.05) is 18.2 Å². The van der Waals surface area contributed by atoms with E-state index in [1.807, 2.05) is 11.0 Å². The average molecular weight is 331 g/mol. The molecule has 0 saturated carbocycles. The second-order valence-corrected chi connectivity index (χ2v) is 6.19. The van der Waals surface area contributed by atoms with Crippen LogP contribution in [-0.2, 0) is 22.5 Å². The lowest BCUT2D eigenvalue weighted by Crippen LogP contribution is -2.48. The zero-order valence-electron chi connectivity index (χ0n) is 13.8. The standard InChI is InChI=1S/C18H22FN3O2/c1-24-17-6-8-22(18(23)12-21-9-7-20-13-21)11-15(17)10-14-4-2-3-5-16(14)19/h2-5,7,9,13,15,17H,6,8,10-12H2,1H3/t15-,17-/m1/s1. The van der Waals surface area contributed by atoms with Crippen LogP contribution in [0, 0.1) is 11.7 Å². The minimum atomic E-state index is -0.200. The summed E-state index contributed by atoms with van der Waals surface area (Å²) in [4.78, 5) is 18.3. The topological polar surface area (TPSA) is 47.4 Å². The van der Waals surface area contributed by atoms with Gasteiger partial charge in [0.2, 0.25) is 5.91 Å². The minimum absolute atomic E-state index is 0.0434. The van der Waals surface area contributed by atoms with Crippen LogP contribution in [0.25, 0.3) is 0 Å². The van der Waals surface area contributed by atoms with Crippen LogP contribution >= 0.6 is 0 Å². The number of methoxy groups -OCH3 is 1. The van der Waals surface area contributed by atoms with Gasteiger partial charge in [-0.25, -0.2) is 9.37 Å². The third-order valence-corrected chi connectivity index (χ3v) is 4.64. The molecule has 1 saturated heterocycles. The third-order valence-electron chi connectivity index (χ3n) is 4.64. The number of amides is 1. The monoisotopic (exact) mass is 331 g/mol. The summed E-state index contributed by atoms with van der Waals surface area (Å²) in [6.07, 6.45) is 6.45. The van der Waals surface area contributed by atoms with Crippen LogP contribution in [0.15, 0.2) is 43.0 Å². The van der Waals surface area contributed by atoms with Crippen LogP contribution in [-0.4, -0.2) is 46.7 Å². The lowest BCUT2D eigenvalue weighted by molar-refractivity contribution is -0.136. The largest absolute Gasteiger partial charge is 0.381 e. The van der Waals surface area contributed by atoms with Crippen molar-refractivity contribution >= 4 is 5.91 Å². The predicted molar refractivity (Wildman–Crippen MR) is 87.8 cm³/mol. The van der Waals surface area contributed by atoms with Gasteiger partial charge in [0.05, 0.1) is 12.4 Å². The van der Waals surface area contributed by atoms with Gasteiger partial charge in [-0.15, -0.1) is 0 Å². The van der Waals surface area contributed by atoms with Gasteiger partial charge in [-0.2, -0.15) is 0 Å². The number of halogens is 1. The molecule has 128 valence electrons. The fourth-order valence-corrected chi connectivity index (χ4v) is 3.33. The highest BCUT2D eigenvalue weighted by atomic mass is 19.1. The highest BCUT2D eigenvalue weighted by molar-refractivity contribution is 5.76. The lowest BCUT2D eigenvalue weighted by atomic mass is 9.88. The molecule has 3 rings (SSSR count). The molecule has 1 aromatic carbocycles. The zero-order valence-corrected chi connectivity index (χ0v) is 13.8. The van der Waals surface area contributed by atoms with Gasteiger partial charge >= 0.3 is 0 Å². The Morgan fingerprint density at radius 3 is 2.96 bits per heavy atom. The van der Waals surface area contributed by atoms with Gasteiger partial charge in [-0.3, -0.25) is 4.79 Å². The van der Waals surface area contributed by atoms with Crippen LogP contribution < -0.4 is 0 Å². The molecule has 1 fully saturated rings. The molecule has 0 spiro atoms. The maximum Gasteiger partial charge on any atom is 0.242 e. The SMILES string of the molecule is CO[C@@H]1CCN(C(=O)Cn2ccnc2)C[C@H]1Cc1ccccc1F. The van der Waals surface area contributed by atoms with Crippen LogP contribution in [0.3, 0.4) is 0 Å².